The zero-order valence-electron chi connectivity index (χ0n) is 13.2. The molecule has 122 valence electrons. The number of amides is 1. The number of hydrogen-bond donors (Lipinski definition) is 2. The second-order valence-electron chi connectivity index (χ2n) is 4.78. The molecule has 0 bridgehead atoms. The summed E-state index contributed by atoms with van der Waals surface area (Å²) in [6.07, 6.45) is 0. The second-order valence-corrected chi connectivity index (χ2v) is 4.78. The lowest BCUT2D eigenvalue weighted by Gasteiger charge is -2.11. The first-order valence-corrected chi connectivity index (χ1v) is 7.10. The lowest BCUT2D eigenvalue weighted by molar-refractivity contribution is 0.102. The highest BCUT2D eigenvalue weighted by Crippen LogP contribution is 2.27. The Hall–Kier alpha value is -2.73. The third-order valence-electron chi connectivity index (χ3n) is 3.14. The van der Waals surface area contributed by atoms with E-state index in [1.165, 1.54) is 7.11 Å². The molecule has 6 heteroatoms. The first kappa shape index (κ1) is 16.6. The van der Waals surface area contributed by atoms with E-state index in [9.17, 15) is 4.79 Å². The smallest absolute Gasteiger partial charge is 0.255 e. The Morgan fingerprint density at radius 3 is 2.48 bits per heavy atom. The van der Waals surface area contributed by atoms with E-state index in [0.717, 1.165) is 0 Å². The van der Waals surface area contributed by atoms with Gasteiger partial charge in [-0.15, -0.1) is 0 Å². The van der Waals surface area contributed by atoms with Crippen LogP contribution in [0.5, 0.6) is 11.5 Å². The molecule has 0 unspecified atom stereocenters. The first-order chi connectivity index (χ1) is 11.1. The van der Waals surface area contributed by atoms with Crippen molar-refractivity contribution >= 4 is 17.3 Å². The predicted octanol–water partition coefficient (Wildman–Crippen LogP) is 2.55. The van der Waals surface area contributed by atoms with E-state index in [0.29, 0.717) is 41.7 Å². The summed E-state index contributed by atoms with van der Waals surface area (Å²) >= 11 is 0. The Balaban J connectivity index is 2.05. The molecule has 0 radical (unpaired) electrons. The number of ether oxygens (including phenoxy) is 3. The molecule has 2 aromatic rings. The predicted molar refractivity (Wildman–Crippen MR) is 89.2 cm³/mol. The van der Waals surface area contributed by atoms with Crippen LogP contribution in [0.25, 0.3) is 0 Å². The van der Waals surface area contributed by atoms with E-state index in [2.05, 4.69) is 5.32 Å². The minimum Gasteiger partial charge on any atom is -0.495 e. The van der Waals surface area contributed by atoms with Crippen LogP contribution in [0.15, 0.2) is 42.5 Å². The number of carbonyl (C=O) groups is 1. The van der Waals surface area contributed by atoms with Gasteiger partial charge in [-0.05, 0) is 42.5 Å². The minimum atomic E-state index is -0.252. The number of nitrogens with two attached hydrogens (primary N) is 1. The maximum absolute atomic E-state index is 12.3. The molecule has 2 aromatic carbocycles. The topological polar surface area (TPSA) is 82.8 Å². The monoisotopic (exact) mass is 316 g/mol. The Morgan fingerprint density at radius 1 is 1.09 bits per heavy atom. The van der Waals surface area contributed by atoms with Crippen molar-refractivity contribution in [2.45, 2.75) is 0 Å². The number of rotatable bonds is 7. The molecule has 0 aliphatic rings. The van der Waals surface area contributed by atoms with Gasteiger partial charge in [-0.25, -0.2) is 0 Å². The van der Waals surface area contributed by atoms with Crippen molar-refractivity contribution in [1.29, 1.82) is 0 Å². The first-order valence-electron chi connectivity index (χ1n) is 7.10. The lowest BCUT2D eigenvalue weighted by atomic mass is 10.2. The standard InChI is InChI=1S/C17H20N2O4/c1-21-9-10-23-14-6-3-12(4-7-14)17(20)19-15-11-13(18)5-8-16(15)22-2/h3-8,11H,9-10,18H2,1-2H3,(H,19,20). The van der Waals surface area contributed by atoms with Gasteiger partial charge in [-0.3, -0.25) is 4.79 Å². The molecule has 6 nitrogen and oxygen atoms in total. The molecule has 0 aliphatic carbocycles. The van der Waals surface area contributed by atoms with E-state index in [1.807, 2.05) is 0 Å². The SMILES string of the molecule is COCCOc1ccc(C(=O)Nc2cc(N)ccc2OC)cc1. The van der Waals surface area contributed by atoms with Crippen LogP contribution in [-0.4, -0.2) is 33.3 Å². The largest absolute Gasteiger partial charge is 0.495 e. The van der Waals surface area contributed by atoms with E-state index in [1.54, 1.807) is 49.6 Å². The summed E-state index contributed by atoms with van der Waals surface area (Å²) in [6, 6.07) is 11.9. The van der Waals surface area contributed by atoms with Crippen LogP contribution in [0, 0.1) is 0 Å². The summed E-state index contributed by atoms with van der Waals surface area (Å²) < 4.78 is 15.6. The van der Waals surface area contributed by atoms with Crippen molar-refractivity contribution in [1.82, 2.24) is 0 Å². The van der Waals surface area contributed by atoms with Gasteiger partial charge in [0.15, 0.2) is 0 Å². The second kappa shape index (κ2) is 8.05. The maximum atomic E-state index is 12.3. The average Bonchev–Trinajstić information content (AvgIpc) is 2.56. The molecule has 2 rings (SSSR count). The Kier molecular flexibility index (Phi) is 5.82. The molecule has 0 aliphatic heterocycles. The van der Waals surface area contributed by atoms with Crippen molar-refractivity contribution < 1.29 is 19.0 Å². The molecular weight excluding hydrogens is 296 g/mol. The summed E-state index contributed by atoms with van der Waals surface area (Å²) in [5, 5.41) is 2.79. The molecule has 0 saturated heterocycles. The minimum absolute atomic E-state index is 0.252. The molecule has 0 atom stereocenters. The molecule has 0 saturated carbocycles. The highest BCUT2D eigenvalue weighted by molar-refractivity contribution is 6.05. The van der Waals surface area contributed by atoms with Gasteiger partial charge in [0, 0.05) is 18.4 Å². The Labute approximate surface area is 135 Å². The van der Waals surface area contributed by atoms with Crippen LogP contribution in [0.3, 0.4) is 0 Å². The molecule has 1 amide bonds. The Morgan fingerprint density at radius 2 is 1.83 bits per heavy atom. The van der Waals surface area contributed by atoms with Crippen molar-refractivity contribution in [2.75, 3.05) is 38.5 Å². The van der Waals surface area contributed by atoms with Crippen LogP contribution in [-0.2, 0) is 4.74 Å². The van der Waals surface area contributed by atoms with Crippen molar-refractivity contribution in [3.8, 4) is 11.5 Å². The fourth-order valence-corrected chi connectivity index (χ4v) is 1.96. The van der Waals surface area contributed by atoms with E-state index in [4.69, 9.17) is 19.9 Å². The van der Waals surface area contributed by atoms with E-state index < -0.39 is 0 Å². The van der Waals surface area contributed by atoms with Crippen molar-refractivity contribution in [3.63, 3.8) is 0 Å². The van der Waals surface area contributed by atoms with Crippen molar-refractivity contribution in [3.05, 3.63) is 48.0 Å². The number of nitrogen functional groups attached to an aromatic ring is 1. The lowest BCUT2D eigenvalue weighted by Crippen LogP contribution is -2.13. The summed E-state index contributed by atoms with van der Waals surface area (Å²) in [4.78, 5) is 12.3. The number of nitrogens with one attached hydrogen (secondary N) is 1. The number of anilines is 2. The average molecular weight is 316 g/mol. The fourth-order valence-electron chi connectivity index (χ4n) is 1.96. The molecular formula is C17H20N2O4. The van der Waals surface area contributed by atoms with Gasteiger partial charge in [0.05, 0.1) is 19.4 Å². The van der Waals surface area contributed by atoms with E-state index in [-0.39, 0.29) is 5.91 Å². The highest BCUT2D eigenvalue weighted by Gasteiger charge is 2.10. The van der Waals surface area contributed by atoms with Gasteiger partial charge in [0.25, 0.3) is 5.91 Å². The van der Waals surface area contributed by atoms with Gasteiger partial charge in [-0.2, -0.15) is 0 Å². The summed E-state index contributed by atoms with van der Waals surface area (Å²) in [5.41, 5.74) is 7.32. The van der Waals surface area contributed by atoms with Crippen LogP contribution in [0.4, 0.5) is 11.4 Å². The summed E-state index contributed by atoms with van der Waals surface area (Å²) in [6.45, 7) is 0.972. The van der Waals surface area contributed by atoms with Gasteiger partial charge < -0.3 is 25.3 Å². The molecule has 23 heavy (non-hydrogen) atoms. The third-order valence-corrected chi connectivity index (χ3v) is 3.14. The van der Waals surface area contributed by atoms with Crippen LogP contribution < -0.4 is 20.5 Å². The quantitative estimate of drug-likeness (QED) is 0.606. The van der Waals surface area contributed by atoms with Gasteiger partial charge in [-0.1, -0.05) is 0 Å². The molecule has 0 fully saturated rings. The zero-order valence-corrected chi connectivity index (χ0v) is 13.2. The van der Waals surface area contributed by atoms with E-state index >= 15 is 0 Å². The third kappa shape index (κ3) is 4.62. The van der Waals surface area contributed by atoms with Gasteiger partial charge in [0.1, 0.15) is 18.1 Å². The van der Waals surface area contributed by atoms with Crippen LogP contribution in [0.1, 0.15) is 10.4 Å². The zero-order chi connectivity index (χ0) is 16.7. The van der Waals surface area contributed by atoms with Gasteiger partial charge >= 0.3 is 0 Å². The number of benzene rings is 2. The van der Waals surface area contributed by atoms with Crippen LogP contribution >= 0.6 is 0 Å². The van der Waals surface area contributed by atoms with Crippen LogP contribution in [0.2, 0.25) is 0 Å². The van der Waals surface area contributed by atoms with Gasteiger partial charge in [0.2, 0.25) is 0 Å². The number of carbonyl (C=O) groups excluding carboxylic acids is 1. The maximum Gasteiger partial charge on any atom is 0.255 e. The Bertz CT molecular complexity index is 656. The number of methoxy groups -OCH3 is 2. The summed E-state index contributed by atoms with van der Waals surface area (Å²) in [7, 11) is 3.15. The highest BCUT2D eigenvalue weighted by atomic mass is 16.5. The normalized spacial score (nSPS) is 10.2. The fraction of sp³-hybridized carbons (Fsp3) is 0.235. The van der Waals surface area contributed by atoms with Crippen molar-refractivity contribution in [2.24, 2.45) is 0 Å². The number of hydrogen-bond acceptors (Lipinski definition) is 5. The molecule has 0 heterocycles. The molecule has 0 aromatic heterocycles. The molecule has 0 spiro atoms. The molecule has 3 N–H and O–H groups in total. The summed E-state index contributed by atoms with van der Waals surface area (Å²) in [5.74, 6) is 0.976.